The van der Waals surface area contributed by atoms with Gasteiger partial charge in [0.25, 0.3) is 0 Å². The van der Waals surface area contributed by atoms with Crippen molar-refractivity contribution in [2.75, 3.05) is 6.54 Å². The van der Waals surface area contributed by atoms with Crippen molar-refractivity contribution in [2.24, 2.45) is 0 Å². The van der Waals surface area contributed by atoms with Crippen LogP contribution in [0.1, 0.15) is 70.4 Å². The zero-order valence-electron chi connectivity index (χ0n) is 12.3. The highest BCUT2D eigenvalue weighted by atomic mass is 19.1. The molecule has 1 heterocycles. The molecule has 1 aromatic rings. The standard InChI is InChI=1S/C16H27FN2/c1-3-5-6-7-8-9-10-16(19-4-2)14-11-15(17)13-18-12-14/h11-13,16,19H,3-10H2,1-2H3. The number of hydrogen-bond donors (Lipinski definition) is 1. The summed E-state index contributed by atoms with van der Waals surface area (Å²) in [4.78, 5) is 3.94. The second-order valence-corrected chi connectivity index (χ2v) is 5.10. The van der Waals surface area contributed by atoms with E-state index < -0.39 is 0 Å². The van der Waals surface area contributed by atoms with Gasteiger partial charge in [-0.1, -0.05) is 52.4 Å². The van der Waals surface area contributed by atoms with Crippen LogP contribution in [0.15, 0.2) is 18.5 Å². The van der Waals surface area contributed by atoms with Crippen LogP contribution < -0.4 is 5.32 Å². The van der Waals surface area contributed by atoms with Gasteiger partial charge in [0.1, 0.15) is 5.82 Å². The first-order valence-corrected chi connectivity index (χ1v) is 7.61. The molecule has 19 heavy (non-hydrogen) atoms. The third-order valence-electron chi connectivity index (χ3n) is 3.43. The lowest BCUT2D eigenvalue weighted by Gasteiger charge is -2.18. The smallest absolute Gasteiger partial charge is 0.141 e. The Morgan fingerprint density at radius 1 is 1.11 bits per heavy atom. The van der Waals surface area contributed by atoms with Crippen molar-refractivity contribution in [2.45, 2.75) is 64.8 Å². The predicted octanol–water partition coefficient (Wildman–Crippen LogP) is 4.62. The van der Waals surface area contributed by atoms with Crippen molar-refractivity contribution < 1.29 is 4.39 Å². The van der Waals surface area contributed by atoms with Crippen LogP contribution in [0.4, 0.5) is 4.39 Å². The molecule has 0 aromatic carbocycles. The molecule has 1 aromatic heterocycles. The molecule has 1 N–H and O–H groups in total. The highest BCUT2D eigenvalue weighted by Gasteiger charge is 2.10. The Hall–Kier alpha value is -0.960. The molecule has 0 spiro atoms. The number of nitrogens with zero attached hydrogens (tertiary/aromatic N) is 1. The average Bonchev–Trinajstić information content (AvgIpc) is 2.41. The van der Waals surface area contributed by atoms with Crippen molar-refractivity contribution in [3.8, 4) is 0 Å². The molecule has 108 valence electrons. The van der Waals surface area contributed by atoms with Gasteiger partial charge in [0.2, 0.25) is 0 Å². The molecule has 2 nitrogen and oxygen atoms in total. The van der Waals surface area contributed by atoms with Crippen LogP contribution >= 0.6 is 0 Å². The molecule has 0 amide bonds. The minimum absolute atomic E-state index is 0.236. The van der Waals surface area contributed by atoms with Gasteiger partial charge in [0.05, 0.1) is 6.20 Å². The minimum Gasteiger partial charge on any atom is -0.310 e. The number of nitrogens with one attached hydrogen (secondary N) is 1. The van der Waals surface area contributed by atoms with Gasteiger partial charge in [0, 0.05) is 12.2 Å². The molecule has 1 rings (SSSR count). The summed E-state index contributed by atoms with van der Waals surface area (Å²) in [7, 11) is 0. The highest BCUT2D eigenvalue weighted by Crippen LogP contribution is 2.20. The van der Waals surface area contributed by atoms with Gasteiger partial charge in [-0.2, -0.15) is 0 Å². The third-order valence-corrected chi connectivity index (χ3v) is 3.43. The number of aromatic nitrogens is 1. The maximum absolute atomic E-state index is 13.2. The molecule has 0 fully saturated rings. The zero-order valence-corrected chi connectivity index (χ0v) is 12.3. The molecule has 0 saturated heterocycles. The van der Waals surface area contributed by atoms with Gasteiger partial charge >= 0.3 is 0 Å². The van der Waals surface area contributed by atoms with E-state index in [0.717, 1.165) is 18.5 Å². The van der Waals surface area contributed by atoms with E-state index in [-0.39, 0.29) is 11.9 Å². The van der Waals surface area contributed by atoms with Crippen molar-refractivity contribution >= 4 is 0 Å². The van der Waals surface area contributed by atoms with Gasteiger partial charge in [-0.25, -0.2) is 4.39 Å². The molecule has 1 unspecified atom stereocenters. The monoisotopic (exact) mass is 266 g/mol. The van der Waals surface area contributed by atoms with E-state index in [1.54, 1.807) is 12.3 Å². The first-order valence-electron chi connectivity index (χ1n) is 7.61. The van der Waals surface area contributed by atoms with E-state index >= 15 is 0 Å². The predicted molar refractivity (Wildman–Crippen MR) is 78.6 cm³/mol. The topological polar surface area (TPSA) is 24.9 Å². The average molecular weight is 266 g/mol. The van der Waals surface area contributed by atoms with E-state index in [0.29, 0.717) is 0 Å². The largest absolute Gasteiger partial charge is 0.310 e. The Morgan fingerprint density at radius 2 is 1.84 bits per heavy atom. The quantitative estimate of drug-likeness (QED) is 0.625. The summed E-state index contributed by atoms with van der Waals surface area (Å²) in [5.41, 5.74) is 0.968. The highest BCUT2D eigenvalue weighted by molar-refractivity contribution is 5.14. The van der Waals surface area contributed by atoms with Gasteiger partial charge in [-0.15, -0.1) is 0 Å². The molecule has 3 heteroatoms. The maximum atomic E-state index is 13.2. The Kier molecular flexibility index (Phi) is 8.39. The second-order valence-electron chi connectivity index (χ2n) is 5.10. The Labute approximate surface area is 116 Å². The molecule has 0 radical (unpaired) electrons. The fourth-order valence-electron chi connectivity index (χ4n) is 2.38. The summed E-state index contributed by atoms with van der Waals surface area (Å²) in [6.45, 7) is 5.22. The number of hydrogen-bond acceptors (Lipinski definition) is 2. The van der Waals surface area contributed by atoms with Gasteiger partial charge < -0.3 is 5.32 Å². The third kappa shape index (κ3) is 6.67. The fraction of sp³-hybridized carbons (Fsp3) is 0.688. The Balaban J connectivity index is 2.36. The van der Waals surface area contributed by atoms with Crippen molar-refractivity contribution in [3.05, 3.63) is 29.8 Å². The summed E-state index contributed by atoms with van der Waals surface area (Å²) >= 11 is 0. The van der Waals surface area contributed by atoms with Crippen molar-refractivity contribution in [1.82, 2.24) is 10.3 Å². The molecule has 0 aliphatic heterocycles. The van der Waals surface area contributed by atoms with Crippen LogP contribution in [0.5, 0.6) is 0 Å². The van der Waals surface area contributed by atoms with Crippen molar-refractivity contribution in [3.63, 3.8) is 0 Å². The summed E-state index contributed by atoms with van der Waals surface area (Å²) in [6.07, 6.45) is 11.8. The number of halogens is 1. The van der Waals surface area contributed by atoms with Crippen LogP contribution in [0.3, 0.4) is 0 Å². The van der Waals surface area contributed by atoms with Gasteiger partial charge in [-0.3, -0.25) is 4.98 Å². The summed E-state index contributed by atoms with van der Waals surface area (Å²) in [5, 5.41) is 3.42. The van der Waals surface area contributed by atoms with Crippen molar-refractivity contribution in [1.29, 1.82) is 0 Å². The zero-order chi connectivity index (χ0) is 13.9. The summed E-state index contributed by atoms with van der Waals surface area (Å²) in [6, 6.07) is 1.83. The summed E-state index contributed by atoms with van der Waals surface area (Å²) < 4.78 is 13.2. The van der Waals surface area contributed by atoms with E-state index in [1.165, 1.54) is 44.7 Å². The van der Waals surface area contributed by atoms with Crippen LogP contribution in [-0.4, -0.2) is 11.5 Å². The number of pyridine rings is 1. The van der Waals surface area contributed by atoms with E-state index in [4.69, 9.17) is 0 Å². The number of unbranched alkanes of at least 4 members (excludes halogenated alkanes) is 5. The molecular formula is C16H27FN2. The molecule has 0 saturated carbocycles. The van der Waals surface area contributed by atoms with Gasteiger partial charge in [0.15, 0.2) is 0 Å². The SMILES string of the molecule is CCCCCCCCC(NCC)c1cncc(F)c1. The van der Waals surface area contributed by atoms with Crippen LogP contribution in [-0.2, 0) is 0 Å². The Morgan fingerprint density at radius 3 is 2.53 bits per heavy atom. The molecule has 0 aliphatic carbocycles. The molecular weight excluding hydrogens is 239 g/mol. The molecule has 1 atom stereocenters. The van der Waals surface area contributed by atoms with Gasteiger partial charge in [-0.05, 0) is 24.6 Å². The first-order chi connectivity index (χ1) is 9.27. The number of rotatable bonds is 10. The lowest BCUT2D eigenvalue weighted by Crippen LogP contribution is -2.21. The summed E-state index contributed by atoms with van der Waals surface area (Å²) in [5.74, 6) is -0.247. The van der Waals surface area contributed by atoms with Crippen LogP contribution in [0, 0.1) is 5.82 Å². The van der Waals surface area contributed by atoms with E-state index in [2.05, 4.69) is 24.1 Å². The van der Waals surface area contributed by atoms with E-state index in [9.17, 15) is 4.39 Å². The maximum Gasteiger partial charge on any atom is 0.141 e. The lowest BCUT2D eigenvalue weighted by atomic mass is 10.0. The van der Waals surface area contributed by atoms with E-state index in [1.807, 2.05) is 0 Å². The fourth-order valence-corrected chi connectivity index (χ4v) is 2.38. The first kappa shape index (κ1) is 16.1. The minimum atomic E-state index is -0.247. The molecule has 0 bridgehead atoms. The molecule has 0 aliphatic rings. The normalized spacial score (nSPS) is 12.6. The van der Waals surface area contributed by atoms with Crippen LogP contribution in [0.2, 0.25) is 0 Å². The Bertz CT molecular complexity index is 341. The second kappa shape index (κ2) is 9.90. The van der Waals surface area contributed by atoms with Crippen LogP contribution in [0.25, 0.3) is 0 Å². The lowest BCUT2D eigenvalue weighted by molar-refractivity contribution is 0.473.